The van der Waals surface area contributed by atoms with Crippen LogP contribution >= 0.6 is 11.8 Å². The topological polar surface area (TPSA) is 21.3 Å². The van der Waals surface area contributed by atoms with Gasteiger partial charge in [0.1, 0.15) is 0 Å². The van der Waals surface area contributed by atoms with Crippen LogP contribution in [0.3, 0.4) is 0 Å². The molecule has 0 fully saturated rings. The molecule has 0 atom stereocenters. The van der Waals surface area contributed by atoms with Crippen LogP contribution in [0.2, 0.25) is 0 Å². The Morgan fingerprint density at radius 1 is 1.50 bits per heavy atom. The average molecular weight is 187 g/mol. The molecule has 0 amide bonds. The van der Waals surface area contributed by atoms with Crippen LogP contribution in [0.1, 0.15) is 0 Å². The molecule has 1 rings (SSSR count). The van der Waals surface area contributed by atoms with Gasteiger partial charge in [-0.15, -0.1) is 4.48 Å². The number of halogens is 1. The monoisotopic (exact) mass is 187 g/mol. The van der Waals surface area contributed by atoms with Gasteiger partial charge in [-0.2, -0.15) is 0 Å². The van der Waals surface area contributed by atoms with E-state index in [9.17, 15) is 4.48 Å². The van der Waals surface area contributed by atoms with E-state index in [0.29, 0.717) is 11.6 Å². The first kappa shape index (κ1) is 9.35. The van der Waals surface area contributed by atoms with Crippen LogP contribution in [0.4, 0.5) is 10.2 Å². The van der Waals surface area contributed by atoms with E-state index in [1.54, 1.807) is 24.8 Å². The van der Waals surface area contributed by atoms with Crippen LogP contribution in [0, 0.1) is 0 Å². The maximum Gasteiger partial charge on any atom is 0.0963 e. The third kappa shape index (κ3) is 2.39. The lowest BCUT2D eigenvalue weighted by Gasteiger charge is -2.04. The van der Waals surface area contributed by atoms with E-state index in [2.05, 4.69) is 0 Å². The van der Waals surface area contributed by atoms with Gasteiger partial charge in [0.2, 0.25) is 0 Å². The van der Waals surface area contributed by atoms with E-state index in [1.165, 1.54) is 11.8 Å². The highest BCUT2D eigenvalue weighted by Crippen LogP contribution is 2.26. The minimum atomic E-state index is 0.486. The van der Waals surface area contributed by atoms with Crippen molar-refractivity contribution in [2.24, 2.45) is 0 Å². The molecule has 66 valence electrons. The van der Waals surface area contributed by atoms with Gasteiger partial charge in [-0.25, -0.2) is 5.54 Å². The number of hydrogen-bond acceptors (Lipinski definition) is 3. The summed E-state index contributed by atoms with van der Waals surface area (Å²) in [6.07, 6.45) is 0. The molecule has 4 heteroatoms. The van der Waals surface area contributed by atoms with Crippen molar-refractivity contribution in [2.75, 3.05) is 18.6 Å². The van der Waals surface area contributed by atoms with Crippen LogP contribution in [0.25, 0.3) is 0 Å². The zero-order chi connectivity index (χ0) is 8.81. The molecule has 0 aliphatic rings. The van der Waals surface area contributed by atoms with E-state index < -0.39 is 0 Å². The molecule has 0 aliphatic carbocycles. The summed E-state index contributed by atoms with van der Waals surface area (Å²) in [4.78, 5) is 0.849. The molecule has 1 N–H and O–H groups in total. The van der Waals surface area contributed by atoms with Gasteiger partial charge in [-0.3, -0.25) is 0 Å². The summed E-state index contributed by atoms with van der Waals surface area (Å²) >= 11 is 1.45. The molecule has 0 saturated carbocycles. The van der Waals surface area contributed by atoms with Crippen LogP contribution in [0.15, 0.2) is 29.2 Å². The lowest BCUT2D eigenvalue weighted by atomic mass is 10.3. The van der Waals surface area contributed by atoms with Crippen molar-refractivity contribution in [1.82, 2.24) is 0 Å². The zero-order valence-electron chi connectivity index (χ0n) is 6.71. The maximum atomic E-state index is 12.1. The largest absolute Gasteiger partial charge is 0.374 e. The predicted molar refractivity (Wildman–Crippen MR) is 48.9 cm³/mol. The van der Waals surface area contributed by atoms with Gasteiger partial charge >= 0.3 is 0 Å². The lowest BCUT2D eigenvalue weighted by molar-refractivity contribution is 0.259. The third-order valence-corrected chi connectivity index (χ3v) is 2.34. The highest BCUT2D eigenvalue weighted by Gasteiger charge is 1.99. The lowest BCUT2D eigenvalue weighted by Crippen LogP contribution is -1.87. The number of para-hydroxylation sites is 1. The summed E-state index contributed by atoms with van der Waals surface area (Å²) < 4.78 is 17.0. The molecule has 0 unspecified atom stereocenters. The first-order valence-corrected chi connectivity index (χ1v) is 4.44. The Morgan fingerprint density at radius 2 is 2.25 bits per heavy atom. The van der Waals surface area contributed by atoms with Crippen LogP contribution in [-0.4, -0.2) is 13.0 Å². The Hall–Kier alpha value is -0.740. The van der Waals surface area contributed by atoms with Crippen LogP contribution in [0.5, 0.6) is 0 Å². The van der Waals surface area contributed by atoms with Crippen molar-refractivity contribution in [2.45, 2.75) is 4.90 Å². The number of rotatable bonds is 4. The molecule has 0 bridgehead atoms. The average Bonchev–Trinajstić information content (AvgIpc) is 2.15. The molecule has 0 spiro atoms. The Morgan fingerprint density at radius 3 is 2.92 bits per heavy atom. The molecule has 2 nitrogen and oxygen atoms in total. The Labute approximate surface area is 75.0 Å². The summed E-state index contributed by atoms with van der Waals surface area (Å²) in [5.41, 5.74) is 2.11. The standard InChI is InChI=1S/C8H10FNOS/c1-11-6-12-8-5-3-2-4-7(8)10-9/h2-5,10H,6H2,1H3. The molecule has 1 aromatic rings. The number of benzene rings is 1. The zero-order valence-corrected chi connectivity index (χ0v) is 7.53. The summed E-state index contributed by atoms with van der Waals surface area (Å²) in [6, 6.07) is 7.15. The second kappa shape index (κ2) is 5.00. The smallest absolute Gasteiger partial charge is 0.0963 e. The van der Waals surface area contributed by atoms with Gasteiger partial charge in [0.15, 0.2) is 0 Å². The molecule has 0 aromatic heterocycles. The molecule has 0 radical (unpaired) electrons. The van der Waals surface area contributed by atoms with Gasteiger partial charge in [0.05, 0.1) is 11.6 Å². The third-order valence-electron chi connectivity index (χ3n) is 1.32. The number of anilines is 1. The fourth-order valence-corrected chi connectivity index (χ4v) is 1.47. The number of nitrogens with one attached hydrogen (secondary N) is 1. The van der Waals surface area contributed by atoms with Gasteiger partial charge in [0.25, 0.3) is 0 Å². The summed E-state index contributed by atoms with van der Waals surface area (Å²) in [7, 11) is 1.61. The van der Waals surface area contributed by atoms with Crippen molar-refractivity contribution in [3.63, 3.8) is 0 Å². The predicted octanol–water partition coefficient (Wildman–Crippen LogP) is 2.68. The summed E-state index contributed by atoms with van der Waals surface area (Å²) in [5, 5.41) is 0. The number of methoxy groups -OCH3 is 1. The van der Waals surface area contributed by atoms with E-state index in [1.807, 2.05) is 12.1 Å². The second-order valence-electron chi connectivity index (χ2n) is 2.14. The molecule has 0 aliphatic heterocycles. The Balaban J connectivity index is 2.68. The summed E-state index contributed by atoms with van der Waals surface area (Å²) in [6.45, 7) is 0. The molecule has 1 aromatic carbocycles. The molecule has 0 heterocycles. The highest BCUT2D eigenvalue weighted by atomic mass is 32.2. The minimum Gasteiger partial charge on any atom is -0.374 e. The highest BCUT2D eigenvalue weighted by molar-refractivity contribution is 7.99. The van der Waals surface area contributed by atoms with Crippen molar-refractivity contribution in [3.05, 3.63) is 24.3 Å². The maximum absolute atomic E-state index is 12.1. The van der Waals surface area contributed by atoms with Crippen molar-refractivity contribution < 1.29 is 9.22 Å². The van der Waals surface area contributed by atoms with Gasteiger partial charge in [0, 0.05) is 12.0 Å². The van der Waals surface area contributed by atoms with E-state index in [4.69, 9.17) is 4.74 Å². The number of thioether (sulfide) groups is 1. The SMILES string of the molecule is COCSc1ccccc1NF. The molecular weight excluding hydrogens is 177 g/mol. The Bertz CT molecular complexity index is 244. The van der Waals surface area contributed by atoms with Gasteiger partial charge in [-0.05, 0) is 12.1 Å². The molecular formula is C8H10FNOS. The number of hydrogen-bond donors (Lipinski definition) is 1. The van der Waals surface area contributed by atoms with Crippen LogP contribution in [-0.2, 0) is 4.74 Å². The Kier molecular flexibility index (Phi) is 3.90. The van der Waals surface area contributed by atoms with Crippen molar-refractivity contribution in [3.8, 4) is 0 Å². The quantitative estimate of drug-likeness (QED) is 0.445. The van der Waals surface area contributed by atoms with Crippen molar-refractivity contribution in [1.29, 1.82) is 0 Å². The van der Waals surface area contributed by atoms with Crippen molar-refractivity contribution >= 4 is 17.4 Å². The fraction of sp³-hybridized carbons (Fsp3) is 0.250. The molecule has 12 heavy (non-hydrogen) atoms. The van der Waals surface area contributed by atoms with Crippen LogP contribution < -0.4 is 5.54 Å². The second-order valence-corrected chi connectivity index (χ2v) is 3.11. The van der Waals surface area contributed by atoms with E-state index in [0.717, 1.165) is 4.90 Å². The van der Waals surface area contributed by atoms with E-state index >= 15 is 0 Å². The van der Waals surface area contributed by atoms with Gasteiger partial charge < -0.3 is 4.74 Å². The minimum absolute atomic E-state index is 0.486. The van der Waals surface area contributed by atoms with E-state index in [-0.39, 0.29) is 0 Å². The number of ether oxygens (including phenoxy) is 1. The van der Waals surface area contributed by atoms with Gasteiger partial charge in [-0.1, -0.05) is 23.9 Å². The summed E-state index contributed by atoms with van der Waals surface area (Å²) in [5.74, 6) is 0.526. The molecule has 0 saturated heterocycles. The first-order valence-electron chi connectivity index (χ1n) is 3.46. The fourth-order valence-electron chi connectivity index (χ4n) is 0.793. The normalized spacial score (nSPS) is 9.83. The first-order chi connectivity index (χ1) is 5.88.